The van der Waals surface area contributed by atoms with E-state index in [2.05, 4.69) is 0 Å². The van der Waals surface area contributed by atoms with Gasteiger partial charge in [0.1, 0.15) is 6.61 Å². The highest BCUT2D eigenvalue weighted by Gasteiger charge is 2.44. The van der Waals surface area contributed by atoms with Crippen molar-refractivity contribution in [3.05, 3.63) is 64.2 Å². The lowest BCUT2D eigenvalue weighted by atomic mass is 9.84. The quantitative estimate of drug-likeness (QED) is 0.225. The number of benzene rings is 2. The largest absolute Gasteiger partial charge is 0.453 e. The standard InChI is InChI=1S/C28H29F9N2O5/c1-15(2)22-13-23(20-12-17(26(29,30)31)5-6-21(20)39(22)25(41)44-8-7-42-3)38(24(40)43-4)14-16-9-18(27(32,33)34)11-19(10-16)28(35,36)37/h5-6,9-12,15,22-23H,7-8,13-14H2,1-4H3/t22-,23-/m1/s1. The van der Waals surface area contributed by atoms with Gasteiger partial charge in [-0.2, -0.15) is 39.5 Å². The molecule has 0 saturated carbocycles. The van der Waals surface area contributed by atoms with Crippen LogP contribution < -0.4 is 4.90 Å². The molecule has 0 aromatic heterocycles. The topological polar surface area (TPSA) is 68.3 Å². The summed E-state index contributed by atoms with van der Waals surface area (Å²) < 4.78 is 138. The van der Waals surface area contributed by atoms with Crippen LogP contribution in [0.15, 0.2) is 36.4 Å². The van der Waals surface area contributed by atoms with Crippen molar-refractivity contribution in [2.75, 3.05) is 32.3 Å². The molecule has 2 aromatic rings. The number of rotatable bonds is 7. The van der Waals surface area contributed by atoms with Crippen molar-refractivity contribution in [1.82, 2.24) is 4.90 Å². The lowest BCUT2D eigenvalue weighted by Crippen LogP contribution is -2.51. The predicted molar refractivity (Wildman–Crippen MR) is 138 cm³/mol. The van der Waals surface area contributed by atoms with Gasteiger partial charge in [0.2, 0.25) is 0 Å². The van der Waals surface area contributed by atoms with E-state index in [0.717, 1.165) is 23.0 Å². The number of methoxy groups -OCH3 is 2. The third-order valence-corrected chi connectivity index (χ3v) is 7.03. The Kier molecular flexibility index (Phi) is 10.4. The van der Waals surface area contributed by atoms with Gasteiger partial charge >= 0.3 is 30.7 Å². The lowest BCUT2D eigenvalue weighted by molar-refractivity contribution is -0.143. The van der Waals surface area contributed by atoms with Crippen molar-refractivity contribution in [1.29, 1.82) is 0 Å². The number of hydrogen-bond donors (Lipinski definition) is 0. The zero-order valence-corrected chi connectivity index (χ0v) is 23.9. The Morgan fingerprint density at radius 3 is 1.91 bits per heavy atom. The monoisotopic (exact) mass is 644 g/mol. The molecule has 3 rings (SSSR count). The van der Waals surface area contributed by atoms with Crippen LogP contribution in [0.2, 0.25) is 0 Å². The molecule has 1 aliphatic rings. The molecule has 2 amide bonds. The minimum Gasteiger partial charge on any atom is -0.453 e. The number of alkyl halides is 9. The summed E-state index contributed by atoms with van der Waals surface area (Å²) in [5.41, 5.74) is -5.38. The first-order chi connectivity index (χ1) is 20.3. The first-order valence-electron chi connectivity index (χ1n) is 13.1. The molecule has 2 aromatic carbocycles. The Hall–Kier alpha value is -3.69. The lowest BCUT2D eigenvalue weighted by Gasteiger charge is -2.45. The molecule has 0 N–H and O–H groups in total. The molecule has 0 unspecified atom stereocenters. The van der Waals surface area contributed by atoms with Gasteiger partial charge < -0.3 is 14.2 Å². The molecule has 44 heavy (non-hydrogen) atoms. The first kappa shape index (κ1) is 34.8. The smallest absolute Gasteiger partial charge is 0.416 e. The van der Waals surface area contributed by atoms with Crippen LogP contribution in [0.4, 0.5) is 54.8 Å². The Bertz CT molecular complexity index is 1310. The van der Waals surface area contributed by atoms with Crippen LogP contribution in [-0.2, 0) is 39.3 Å². The van der Waals surface area contributed by atoms with Crippen molar-refractivity contribution >= 4 is 17.9 Å². The second-order valence-electron chi connectivity index (χ2n) is 10.3. The Morgan fingerprint density at radius 1 is 0.864 bits per heavy atom. The van der Waals surface area contributed by atoms with Crippen LogP contribution in [0.25, 0.3) is 0 Å². The van der Waals surface area contributed by atoms with E-state index in [9.17, 15) is 49.1 Å². The molecule has 16 heteroatoms. The van der Waals surface area contributed by atoms with Crippen molar-refractivity contribution in [3.63, 3.8) is 0 Å². The Morgan fingerprint density at radius 2 is 1.43 bits per heavy atom. The highest BCUT2D eigenvalue weighted by molar-refractivity contribution is 5.90. The maximum atomic E-state index is 13.8. The summed E-state index contributed by atoms with van der Waals surface area (Å²) in [5, 5.41) is 0. The molecule has 0 fully saturated rings. The van der Waals surface area contributed by atoms with Crippen LogP contribution in [0, 0.1) is 5.92 Å². The number of carbonyl (C=O) groups is 2. The molecule has 0 aliphatic carbocycles. The molecular formula is C28H29F9N2O5. The van der Waals surface area contributed by atoms with Crippen molar-refractivity contribution in [2.24, 2.45) is 5.92 Å². The summed E-state index contributed by atoms with van der Waals surface area (Å²) in [6.45, 7) is 2.28. The minimum atomic E-state index is -5.18. The summed E-state index contributed by atoms with van der Waals surface area (Å²) in [6, 6.07) is 0.922. The third-order valence-electron chi connectivity index (χ3n) is 7.03. The van der Waals surface area contributed by atoms with E-state index in [1.54, 1.807) is 13.8 Å². The molecule has 0 bridgehead atoms. The number of anilines is 1. The maximum Gasteiger partial charge on any atom is 0.416 e. The number of amides is 2. The van der Waals surface area contributed by atoms with Crippen LogP contribution in [-0.4, -0.2) is 50.6 Å². The molecule has 0 spiro atoms. The predicted octanol–water partition coefficient (Wildman–Crippen LogP) is 8.07. The molecule has 0 radical (unpaired) electrons. The van der Waals surface area contributed by atoms with Gasteiger partial charge in [-0.25, -0.2) is 9.59 Å². The summed E-state index contributed by atoms with van der Waals surface area (Å²) in [6.07, 6.45) is -17.7. The van der Waals surface area contributed by atoms with Gasteiger partial charge in [-0.05, 0) is 59.9 Å². The van der Waals surface area contributed by atoms with Crippen LogP contribution in [0.1, 0.15) is 54.1 Å². The highest BCUT2D eigenvalue weighted by Crippen LogP contribution is 2.46. The summed E-state index contributed by atoms with van der Waals surface area (Å²) in [7, 11) is 2.26. The normalized spacial score (nSPS) is 17.4. The fraction of sp³-hybridized carbons (Fsp3) is 0.500. The average molecular weight is 645 g/mol. The molecule has 1 aliphatic heterocycles. The number of ether oxygens (including phenoxy) is 3. The number of nitrogens with zero attached hydrogens (tertiary/aromatic N) is 2. The maximum absolute atomic E-state index is 13.8. The SMILES string of the molecule is COCCOC(=O)N1c2ccc(C(F)(F)F)cc2[C@H](N(Cc2cc(C(F)(F)F)cc(C(F)(F)F)c2)C(=O)OC)C[C@@H]1C(C)C. The van der Waals surface area contributed by atoms with Gasteiger partial charge in [0.05, 0.1) is 42.1 Å². The van der Waals surface area contributed by atoms with E-state index in [1.165, 1.54) is 7.11 Å². The molecule has 2 atom stereocenters. The van der Waals surface area contributed by atoms with E-state index >= 15 is 0 Å². The van der Waals surface area contributed by atoms with E-state index in [-0.39, 0.29) is 37.0 Å². The molecule has 0 saturated heterocycles. The van der Waals surface area contributed by atoms with Gasteiger partial charge in [-0.3, -0.25) is 9.80 Å². The molecule has 244 valence electrons. The van der Waals surface area contributed by atoms with Crippen molar-refractivity contribution < 1.29 is 63.3 Å². The average Bonchev–Trinajstić information content (AvgIpc) is 2.92. The van der Waals surface area contributed by atoms with E-state index in [1.807, 2.05) is 0 Å². The second-order valence-corrected chi connectivity index (χ2v) is 10.3. The second kappa shape index (κ2) is 13.1. The highest BCUT2D eigenvalue weighted by atomic mass is 19.4. The van der Waals surface area contributed by atoms with Gasteiger partial charge in [0, 0.05) is 19.7 Å². The number of carbonyl (C=O) groups excluding carboxylic acids is 2. The van der Waals surface area contributed by atoms with Gasteiger partial charge in [0.15, 0.2) is 0 Å². The minimum absolute atomic E-state index is 0.0153. The van der Waals surface area contributed by atoms with Crippen LogP contribution in [0.5, 0.6) is 0 Å². The van der Waals surface area contributed by atoms with E-state index < -0.39 is 77.5 Å². The fourth-order valence-electron chi connectivity index (χ4n) is 4.96. The molecule has 7 nitrogen and oxygen atoms in total. The van der Waals surface area contributed by atoms with Crippen molar-refractivity contribution in [2.45, 2.75) is 57.4 Å². The first-order valence-corrected chi connectivity index (χ1v) is 13.1. The number of hydrogen-bond acceptors (Lipinski definition) is 5. The van der Waals surface area contributed by atoms with Crippen LogP contribution in [0.3, 0.4) is 0 Å². The van der Waals surface area contributed by atoms with Gasteiger partial charge in [-0.15, -0.1) is 0 Å². The van der Waals surface area contributed by atoms with Crippen molar-refractivity contribution in [3.8, 4) is 0 Å². The van der Waals surface area contributed by atoms with Gasteiger partial charge in [-0.1, -0.05) is 13.8 Å². The van der Waals surface area contributed by atoms with E-state index in [0.29, 0.717) is 24.3 Å². The molecular weight excluding hydrogens is 615 g/mol. The van der Waals surface area contributed by atoms with Gasteiger partial charge in [0.25, 0.3) is 0 Å². The fourth-order valence-corrected chi connectivity index (χ4v) is 4.96. The summed E-state index contributed by atoms with van der Waals surface area (Å²) in [5.74, 6) is -0.409. The Balaban J connectivity index is 2.23. The van der Waals surface area contributed by atoms with E-state index in [4.69, 9.17) is 14.2 Å². The van der Waals surface area contributed by atoms with Crippen LogP contribution >= 0.6 is 0 Å². The number of halogens is 9. The zero-order chi connectivity index (χ0) is 33.2. The summed E-state index contributed by atoms with van der Waals surface area (Å²) >= 11 is 0. The third kappa shape index (κ3) is 7.87. The number of fused-ring (bicyclic) bond motifs is 1. The Labute approximate surface area is 246 Å². The zero-order valence-electron chi connectivity index (χ0n) is 23.9. The molecule has 1 heterocycles. The summed E-state index contributed by atoms with van der Waals surface area (Å²) in [4.78, 5) is 28.1.